The van der Waals surface area contributed by atoms with E-state index in [1.54, 1.807) is 24.3 Å². The number of hydrogen-bond donors (Lipinski definition) is 1. The summed E-state index contributed by atoms with van der Waals surface area (Å²) < 4.78 is 10.9. The third kappa shape index (κ3) is 5.88. The van der Waals surface area contributed by atoms with Gasteiger partial charge in [-0.1, -0.05) is 30.3 Å². The molecule has 7 heteroatoms. The fraction of sp³-hybridized carbons (Fsp3) is 0.318. The average Bonchev–Trinajstić information content (AvgIpc) is 2.78. The highest BCUT2D eigenvalue weighted by atomic mass is 16.5. The Labute approximate surface area is 170 Å². The zero-order valence-electron chi connectivity index (χ0n) is 16.4. The molecule has 1 N–H and O–H groups in total. The molecule has 1 fully saturated rings. The van der Waals surface area contributed by atoms with Crippen molar-refractivity contribution >= 4 is 11.6 Å². The van der Waals surface area contributed by atoms with Crippen molar-refractivity contribution in [1.82, 2.24) is 10.3 Å². The highest BCUT2D eigenvalue weighted by Crippen LogP contribution is 2.23. The SMILES string of the molecule is C/C(=N/NC(=O)COc1ccc(C#N)cc1)[C@@H](c1ccccc1)N1CCOCC1. The Balaban J connectivity index is 1.61. The molecule has 2 aromatic carbocycles. The van der Waals surface area contributed by atoms with Gasteiger partial charge in [0.2, 0.25) is 0 Å². The third-order valence-electron chi connectivity index (χ3n) is 4.63. The van der Waals surface area contributed by atoms with Gasteiger partial charge in [-0.2, -0.15) is 10.4 Å². The molecule has 2 aromatic rings. The lowest BCUT2D eigenvalue weighted by atomic mass is 10.0. The molecule has 0 bridgehead atoms. The van der Waals surface area contributed by atoms with Gasteiger partial charge in [-0.25, -0.2) is 5.43 Å². The van der Waals surface area contributed by atoms with Crippen molar-refractivity contribution in [2.75, 3.05) is 32.9 Å². The highest BCUT2D eigenvalue weighted by molar-refractivity contribution is 5.90. The van der Waals surface area contributed by atoms with Crippen LogP contribution in [0.15, 0.2) is 59.7 Å². The van der Waals surface area contributed by atoms with Gasteiger partial charge in [0.15, 0.2) is 6.61 Å². The maximum Gasteiger partial charge on any atom is 0.277 e. The van der Waals surface area contributed by atoms with Crippen LogP contribution in [0.5, 0.6) is 5.75 Å². The Hall–Kier alpha value is -3.21. The van der Waals surface area contributed by atoms with Gasteiger partial charge in [0.1, 0.15) is 5.75 Å². The first kappa shape index (κ1) is 20.5. The monoisotopic (exact) mass is 392 g/mol. The van der Waals surface area contributed by atoms with E-state index in [-0.39, 0.29) is 18.6 Å². The van der Waals surface area contributed by atoms with E-state index >= 15 is 0 Å². The predicted octanol–water partition coefficient (Wildman–Crippen LogP) is 2.50. The molecular formula is C22H24N4O3. The van der Waals surface area contributed by atoms with Crippen LogP contribution in [0.3, 0.4) is 0 Å². The Bertz CT molecular complexity index is 869. The minimum absolute atomic E-state index is 0.0279. The third-order valence-corrected chi connectivity index (χ3v) is 4.63. The number of morpholine rings is 1. The molecule has 0 aliphatic carbocycles. The van der Waals surface area contributed by atoms with E-state index in [9.17, 15) is 4.79 Å². The maximum atomic E-state index is 12.2. The molecule has 7 nitrogen and oxygen atoms in total. The first-order chi connectivity index (χ1) is 14.2. The first-order valence-electron chi connectivity index (χ1n) is 9.50. The van der Waals surface area contributed by atoms with E-state index in [0.29, 0.717) is 24.5 Å². The molecule has 0 saturated carbocycles. The van der Waals surface area contributed by atoms with Gasteiger partial charge in [-0.05, 0) is 36.8 Å². The van der Waals surface area contributed by atoms with Crippen LogP contribution in [0.2, 0.25) is 0 Å². The van der Waals surface area contributed by atoms with Crippen molar-refractivity contribution in [2.24, 2.45) is 5.10 Å². The number of carbonyl (C=O) groups excluding carboxylic acids is 1. The molecule has 1 atom stereocenters. The van der Waals surface area contributed by atoms with Crippen LogP contribution in [-0.4, -0.2) is 49.4 Å². The molecule has 0 unspecified atom stereocenters. The van der Waals surface area contributed by atoms with Crippen LogP contribution in [-0.2, 0) is 9.53 Å². The van der Waals surface area contributed by atoms with Gasteiger partial charge >= 0.3 is 0 Å². The normalized spacial score (nSPS) is 15.9. The molecule has 0 aromatic heterocycles. The maximum absolute atomic E-state index is 12.2. The number of nitrogens with zero attached hydrogens (tertiary/aromatic N) is 3. The number of carbonyl (C=O) groups is 1. The summed E-state index contributed by atoms with van der Waals surface area (Å²) in [6.45, 7) is 4.73. The quantitative estimate of drug-likeness (QED) is 0.578. The van der Waals surface area contributed by atoms with Crippen molar-refractivity contribution in [3.05, 3.63) is 65.7 Å². The van der Waals surface area contributed by atoms with Crippen molar-refractivity contribution in [3.8, 4) is 11.8 Å². The summed E-state index contributed by atoms with van der Waals surface area (Å²) in [6.07, 6.45) is 0. The molecule has 3 rings (SSSR count). The van der Waals surface area contributed by atoms with Gasteiger partial charge in [-0.15, -0.1) is 0 Å². The topological polar surface area (TPSA) is 86.9 Å². The number of nitriles is 1. The summed E-state index contributed by atoms with van der Waals surface area (Å²) in [5.74, 6) is 0.179. The standard InChI is InChI=1S/C22H24N4O3/c1-17(22(19-5-3-2-4-6-19)26-11-13-28-14-12-26)24-25-21(27)16-29-20-9-7-18(15-23)8-10-20/h2-10,22H,11-14,16H2,1H3,(H,25,27)/b24-17-/t22-/m0/s1. The fourth-order valence-electron chi connectivity index (χ4n) is 3.21. The molecule has 1 heterocycles. The molecule has 150 valence electrons. The number of amides is 1. The number of ether oxygens (including phenoxy) is 2. The second-order valence-electron chi connectivity index (χ2n) is 6.67. The van der Waals surface area contributed by atoms with Crippen LogP contribution in [0.25, 0.3) is 0 Å². The number of benzene rings is 2. The van der Waals surface area contributed by atoms with Gasteiger partial charge in [-0.3, -0.25) is 9.69 Å². The Morgan fingerprint density at radius 1 is 1.21 bits per heavy atom. The van der Waals surface area contributed by atoms with E-state index < -0.39 is 0 Å². The van der Waals surface area contributed by atoms with E-state index in [2.05, 4.69) is 27.6 Å². The summed E-state index contributed by atoms with van der Waals surface area (Å²) in [6, 6.07) is 18.7. The summed E-state index contributed by atoms with van der Waals surface area (Å²) in [4.78, 5) is 14.5. The molecule has 1 amide bonds. The highest BCUT2D eigenvalue weighted by Gasteiger charge is 2.25. The summed E-state index contributed by atoms with van der Waals surface area (Å²) in [5, 5.41) is 13.1. The minimum Gasteiger partial charge on any atom is -0.484 e. The van der Waals surface area contributed by atoms with Gasteiger partial charge < -0.3 is 9.47 Å². The van der Waals surface area contributed by atoms with E-state index in [1.165, 1.54) is 0 Å². The smallest absolute Gasteiger partial charge is 0.277 e. The number of nitrogens with one attached hydrogen (secondary N) is 1. The Morgan fingerprint density at radius 3 is 2.55 bits per heavy atom. The zero-order valence-corrected chi connectivity index (χ0v) is 16.4. The predicted molar refractivity (Wildman–Crippen MR) is 109 cm³/mol. The lowest BCUT2D eigenvalue weighted by molar-refractivity contribution is -0.123. The fourth-order valence-corrected chi connectivity index (χ4v) is 3.21. The van der Waals surface area contributed by atoms with Crippen molar-refractivity contribution in [3.63, 3.8) is 0 Å². The molecule has 1 saturated heterocycles. The number of rotatable bonds is 7. The molecule has 1 aliphatic heterocycles. The second-order valence-corrected chi connectivity index (χ2v) is 6.67. The van der Waals surface area contributed by atoms with Crippen LogP contribution in [0.4, 0.5) is 0 Å². The summed E-state index contributed by atoms with van der Waals surface area (Å²) >= 11 is 0. The van der Waals surface area contributed by atoms with Gasteiger partial charge in [0.05, 0.1) is 36.6 Å². The van der Waals surface area contributed by atoms with Gasteiger partial charge in [0.25, 0.3) is 5.91 Å². The summed E-state index contributed by atoms with van der Waals surface area (Å²) in [5.41, 5.74) is 5.04. The summed E-state index contributed by atoms with van der Waals surface area (Å²) in [7, 11) is 0. The van der Waals surface area contributed by atoms with Crippen molar-refractivity contribution in [1.29, 1.82) is 5.26 Å². The van der Waals surface area contributed by atoms with E-state index in [1.807, 2.05) is 31.2 Å². The minimum atomic E-state index is -0.345. The van der Waals surface area contributed by atoms with Crippen molar-refractivity contribution < 1.29 is 14.3 Å². The largest absolute Gasteiger partial charge is 0.484 e. The first-order valence-corrected chi connectivity index (χ1v) is 9.50. The van der Waals surface area contributed by atoms with E-state index in [4.69, 9.17) is 14.7 Å². The van der Waals surface area contributed by atoms with Crippen LogP contribution in [0.1, 0.15) is 24.1 Å². The molecule has 0 spiro atoms. The Morgan fingerprint density at radius 2 is 1.90 bits per heavy atom. The lowest BCUT2D eigenvalue weighted by Crippen LogP contribution is -2.42. The molecular weight excluding hydrogens is 368 g/mol. The van der Waals surface area contributed by atoms with Crippen LogP contribution < -0.4 is 10.2 Å². The van der Waals surface area contributed by atoms with Crippen molar-refractivity contribution in [2.45, 2.75) is 13.0 Å². The van der Waals surface area contributed by atoms with Crippen LogP contribution >= 0.6 is 0 Å². The molecule has 0 radical (unpaired) electrons. The molecule has 29 heavy (non-hydrogen) atoms. The van der Waals surface area contributed by atoms with Gasteiger partial charge in [0, 0.05) is 13.1 Å². The zero-order chi connectivity index (χ0) is 20.5. The second kappa shape index (κ2) is 10.4. The number of hydrogen-bond acceptors (Lipinski definition) is 6. The Kier molecular flexibility index (Phi) is 7.34. The van der Waals surface area contributed by atoms with E-state index in [0.717, 1.165) is 24.4 Å². The molecule has 1 aliphatic rings. The van der Waals surface area contributed by atoms with Crippen LogP contribution in [0, 0.1) is 11.3 Å². The number of hydrazone groups is 1. The lowest BCUT2D eigenvalue weighted by Gasteiger charge is -2.34. The average molecular weight is 392 g/mol.